The Morgan fingerprint density at radius 1 is 1.22 bits per heavy atom. The highest BCUT2D eigenvalue weighted by Gasteiger charge is 2.31. The lowest BCUT2D eigenvalue weighted by Crippen LogP contribution is -2.17. The van der Waals surface area contributed by atoms with Crippen molar-refractivity contribution in [3.8, 4) is 11.4 Å². The molecule has 1 aliphatic carbocycles. The number of nitrogens with zero attached hydrogens (tertiary/aromatic N) is 3. The van der Waals surface area contributed by atoms with E-state index in [0.29, 0.717) is 17.4 Å². The Bertz CT molecular complexity index is 704. The minimum atomic E-state index is -4.69. The number of rotatable bonds is 3. The summed E-state index contributed by atoms with van der Waals surface area (Å²) in [5.74, 6) is 1.10. The number of hydrogen-bond acceptors (Lipinski definition) is 3. The molecule has 1 aliphatic rings. The van der Waals surface area contributed by atoms with Crippen LogP contribution < -0.4 is 4.74 Å². The minimum absolute atomic E-state index is 0.259. The molecule has 2 aromatic rings. The lowest BCUT2D eigenvalue weighted by Gasteiger charge is -2.15. The molecular formula is C16H16F3N3O. The van der Waals surface area contributed by atoms with Crippen LogP contribution in [0.15, 0.2) is 36.7 Å². The molecule has 1 aromatic carbocycles. The molecular weight excluding hydrogens is 307 g/mol. The summed E-state index contributed by atoms with van der Waals surface area (Å²) in [5, 5.41) is 4.41. The average molecular weight is 323 g/mol. The summed E-state index contributed by atoms with van der Waals surface area (Å²) >= 11 is 0. The molecule has 0 saturated carbocycles. The summed E-state index contributed by atoms with van der Waals surface area (Å²) in [4.78, 5) is 4.30. The molecule has 0 bridgehead atoms. The molecule has 4 nitrogen and oxygen atoms in total. The Kier molecular flexibility index (Phi) is 4.11. The van der Waals surface area contributed by atoms with Crippen molar-refractivity contribution in [1.29, 1.82) is 0 Å². The highest BCUT2D eigenvalue weighted by Crippen LogP contribution is 2.28. The normalized spacial score (nSPS) is 18.6. The van der Waals surface area contributed by atoms with Crippen LogP contribution in [0.1, 0.15) is 32.0 Å². The molecule has 122 valence electrons. The van der Waals surface area contributed by atoms with Gasteiger partial charge in [0.1, 0.15) is 12.1 Å². The number of alkyl halides is 3. The zero-order valence-electron chi connectivity index (χ0n) is 12.5. The van der Waals surface area contributed by atoms with Crippen LogP contribution in [0.3, 0.4) is 0 Å². The molecule has 0 aliphatic heterocycles. The monoisotopic (exact) mass is 323 g/mol. The standard InChI is InChI=1S/C16H16F3N3O/c1-11-2-4-12(5-3-11)15-20-10-22(21-15)13-6-8-14(9-7-13)23-16(17,18)19/h4,6-11H,2-3,5H2,1H3. The minimum Gasteiger partial charge on any atom is -0.406 e. The number of ether oxygens (including phenoxy) is 1. The van der Waals surface area contributed by atoms with Crippen molar-refractivity contribution in [2.75, 3.05) is 0 Å². The number of aromatic nitrogens is 3. The second-order valence-electron chi connectivity index (χ2n) is 5.66. The van der Waals surface area contributed by atoms with Gasteiger partial charge in [-0.25, -0.2) is 9.67 Å². The van der Waals surface area contributed by atoms with E-state index < -0.39 is 6.36 Å². The van der Waals surface area contributed by atoms with Gasteiger partial charge in [-0.05, 0) is 55.0 Å². The number of allylic oxidation sites excluding steroid dienone is 2. The fourth-order valence-corrected chi connectivity index (χ4v) is 2.50. The van der Waals surface area contributed by atoms with E-state index in [1.54, 1.807) is 11.0 Å². The van der Waals surface area contributed by atoms with Gasteiger partial charge in [-0.3, -0.25) is 0 Å². The molecule has 1 heterocycles. The molecule has 0 N–H and O–H groups in total. The second-order valence-corrected chi connectivity index (χ2v) is 5.66. The quantitative estimate of drug-likeness (QED) is 0.842. The average Bonchev–Trinajstić information content (AvgIpc) is 2.97. The van der Waals surface area contributed by atoms with Gasteiger partial charge in [-0.2, -0.15) is 0 Å². The summed E-state index contributed by atoms with van der Waals surface area (Å²) in [6, 6.07) is 5.53. The van der Waals surface area contributed by atoms with Gasteiger partial charge in [0.25, 0.3) is 0 Å². The van der Waals surface area contributed by atoms with E-state index in [1.807, 2.05) is 0 Å². The van der Waals surface area contributed by atoms with Gasteiger partial charge in [0, 0.05) is 0 Å². The van der Waals surface area contributed by atoms with E-state index >= 15 is 0 Å². The van der Waals surface area contributed by atoms with Crippen molar-refractivity contribution < 1.29 is 17.9 Å². The van der Waals surface area contributed by atoms with E-state index in [0.717, 1.165) is 24.8 Å². The van der Waals surface area contributed by atoms with Crippen molar-refractivity contribution in [3.63, 3.8) is 0 Å². The van der Waals surface area contributed by atoms with Gasteiger partial charge < -0.3 is 4.74 Å². The van der Waals surface area contributed by atoms with Gasteiger partial charge in [-0.15, -0.1) is 18.3 Å². The highest BCUT2D eigenvalue weighted by atomic mass is 19.4. The predicted molar refractivity (Wildman–Crippen MR) is 79.0 cm³/mol. The summed E-state index contributed by atoms with van der Waals surface area (Å²) in [6.07, 6.45) is 2.12. The van der Waals surface area contributed by atoms with Crippen LogP contribution in [-0.2, 0) is 0 Å². The van der Waals surface area contributed by atoms with Crippen molar-refractivity contribution in [1.82, 2.24) is 14.8 Å². The molecule has 1 unspecified atom stereocenters. The lowest BCUT2D eigenvalue weighted by molar-refractivity contribution is -0.274. The van der Waals surface area contributed by atoms with E-state index in [1.165, 1.54) is 24.3 Å². The van der Waals surface area contributed by atoms with Gasteiger partial charge in [0.2, 0.25) is 0 Å². The van der Waals surface area contributed by atoms with Crippen molar-refractivity contribution in [2.24, 2.45) is 5.92 Å². The first-order chi connectivity index (χ1) is 10.9. The summed E-state index contributed by atoms with van der Waals surface area (Å²) < 4.78 is 41.8. The summed E-state index contributed by atoms with van der Waals surface area (Å²) in [5.41, 5.74) is 1.75. The van der Waals surface area contributed by atoms with Crippen LogP contribution in [-0.4, -0.2) is 21.1 Å². The Hall–Kier alpha value is -2.31. The van der Waals surface area contributed by atoms with Gasteiger partial charge in [-0.1, -0.05) is 13.0 Å². The lowest BCUT2D eigenvalue weighted by atomic mass is 9.91. The molecule has 1 aromatic heterocycles. The molecule has 0 spiro atoms. The van der Waals surface area contributed by atoms with E-state index in [9.17, 15) is 13.2 Å². The fourth-order valence-electron chi connectivity index (χ4n) is 2.50. The largest absolute Gasteiger partial charge is 0.573 e. The maximum atomic E-state index is 12.1. The smallest absolute Gasteiger partial charge is 0.406 e. The topological polar surface area (TPSA) is 39.9 Å². The number of benzene rings is 1. The second kappa shape index (κ2) is 6.06. The van der Waals surface area contributed by atoms with E-state index in [2.05, 4.69) is 27.8 Å². The van der Waals surface area contributed by atoms with Crippen LogP contribution in [0, 0.1) is 5.92 Å². The first-order valence-corrected chi connectivity index (χ1v) is 7.38. The van der Waals surface area contributed by atoms with Crippen molar-refractivity contribution in [2.45, 2.75) is 32.5 Å². The molecule has 0 amide bonds. The summed E-state index contributed by atoms with van der Waals surface area (Å²) in [6.45, 7) is 2.21. The van der Waals surface area contributed by atoms with E-state index in [4.69, 9.17) is 0 Å². The fraction of sp³-hybridized carbons (Fsp3) is 0.375. The Labute approximate surface area is 131 Å². The highest BCUT2D eigenvalue weighted by molar-refractivity contribution is 5.60. The molecule has 3 rings (SSSR count). The molecule has 0 saturated heterocycles. The number of hydrogen-bond donors (Lipinski definition) is 0. The van der Waals surface area contributed by atoms with Crippen LogP contribution in [0.25, 0.3) is 11.3 Å². The first-order valence-electron chi connectivity index (χ1n) is 7.38. The SMILES string of the molecule is CC1CC=C(c2ncn(-c3ccc(OC(F)(F)F)cc3)n2)CC1. The van der Waals surface area contributed by atoms with Gasteiger partial charge in [0.15, 0.2) is 5.82 Å². The molecule has 0 radical (unpaired) electrons. The van der Waals surface area contributed by atoms with Crippen LogP contribution in [0.2, 0.25) is 0 Å². The number of halogens is 3. The third-order valence-corrected chi connectivity index (χ3v) is 3.79. The summed E-state index contributed by atoms with van der Waals surface area (Å²) in [7, 11) is 0. The predicted octanol–water partition coefficient (Wildman–Crippen LogP) is 4.37. The molecule has 0 fully saturated rings. The van der Waals surface area contributed by atoms with Crippen LogP contribution in [0.5, 0.6) is 5.75 Å². The van der Waals surface area contributed by atoms with E-state index in [-0.39, 0.29) is 5.75 Å². The molecule has 1 atom stereocenters. The molecule has 7 heteroatoms. The zero-order chi connectivity index (χ0) is 16.4. The Balaban J connectivity index is 1.75. The zero-order valence-corrected chi connectivity index (χ0v) is 12.5. The van der Waals surface area contributed by atoms with Crippen LogP contribution >= 0.6 is 0 Å². The third-order valence-electron chi connectivity index (χ3n) is 3.79. The van der Waals surface area contributed by atoms with Crippen LogP contribution in [0.4, 0.5) is 13.2 Å². The van der Waals surface area contributed by atoms with Gasteiger partial charge in [0.05, 0.1) is 5.69 Å². The Morgan fingerprint density at radius 3 is 2.57 bits per heavy atom. The third kappa shape index (κ3) is 3.91. The van der Waals surface area contributed by atoms with Crippen molar-refractivity contribution in [3.05, 3.63) is 42.5 Å². The maximum Gasteiger partial charge on any atom is 0.573 e. The van der Waals surface area contributed by atoms with Gasteiger partial charge >= 0.3 is 6.36 Å². The first kappa shape index (κ1) is 15.6. The van der Waals surface area contributed by atoms with Crippen molar-refractivity contribution >= 4 is 5.57 Å². The maximum absolute atomic E-state index is 12.1. The molecule has 23 heavy (non-hydrogen) atoms. The Morgan fingerprint density at radius 2 is 1.96 bits per heavy atom.